The summed E-state index contributed by atoms with van der Waals surface area (Å²) in [5.74, 6) is 0.0260. The van der Waals surface area contributed by atoms with Gasteiger partial charge in [0, 0.05) is 23.6 Å². The lowest BCUT2D eigenvalue weighted by molar-refractivity contribution is 0.0711. The molecule has 1 fully saturated rings. The molecule has 0 atom stereocenters. The fourth-order valence-electron chi connectivity index (χ4n) is 2.62. The van der Waals surface area contributed by atoms with E-state index in [0.29, 0.717) is 42.9 Å². The van der Waals surface area contributed by atoms with Crippen molar-refractivity contribution in [1.29, 1.82) is 0 Å². The van der Waals surface area contributed by atoms with Gasteiger partial charge < -0.3 is 4.90 Å². The van der Waals surface area contributed by atoms with Crippen LogP contribution in [0.25, 0.3) is 0 Å². The Balaban J connectivity index is 1.95. The molecular weight excluding hydrogens is 404 g/mol. The fourth-order valence-corrected chi connectivity index (χ4v) is 4.77. The zero-order valence-corrected chi connectivity index (χ0v) is 16.0. The summed E-state index contributed by atoms with van der Waals surface area (Å²) in [5, 5.41) is 0.412. The summed E-state index contributed by atoms with van der Waals surface area (Å²) < 4.78 is 27.1. The average molecular weight is 424 g/mol. The zero-order chi connectivity index (χ0) is 17.0. The van der Waals surface area contributed by atoms with Crippen LogP contribution in [0, 0.1) is 0 Å². The van der Waals surface area contributed by atoms with Gasteiger partial charge in [-0.05, 0) is 37.5 Å². The second kappa shape index (κ2) is 7.96. The normalized spacial score (nSPS) is 16.6. The number of nitrogens with zero attached hydrogens (tertiary/aromatic N) is 1. The van der Waals surface area contributed by atoms with Gasteiger partial charge in [0.15, 0.2) is 0 Å². The van der Waals surface area contributed by atoms with Crippen molar-refractivity contribution in [2.45, 2.75) is 32.2 Å². The van der Waals surface area contributed by atoms with Crippen LogP contribution in [0.4, 0.5) is 0 Å². The third kappa shape index (κ3) is 5.17. The highest BCUT2D eigenvalue weighted by atomic mass is 79.9. The van der Waals surface area contributed by atoms with Crippen molar-refractivity contribution in [3.63, 3.8) is 0 Å². The molecule has 0 aromatic heterocycles. The molecule has 0 spiro atoms. The molecule has 1 N–H and O–H groups in total. The third-order valence-corrected chi connectivity index (χ3v) is 6.21. The zero-order valence-electron chi connectivity index (χ0n) is 12.9. The number of amides is 1. The first-order valence-electron chi connectivity index (χ1n) is 7.56. The molecule has 0 aliphatic carbocycles. The lowest BCUT2D eigenvalue weighted by Gasteiger charge is -2.32. The molecule has 1 aromatic rings. The summed E-state index contributed by atoms with van der Waals surface area (Å²) in [7, 11) is -3.21. The number of hydrogen-bond donors (Lipinski definition) is 1. The van der Waals surface area contributed by atoms with Crippen molar-refractivity contribution < 1.29 is 13.2 Å². The second-order valence-electron chi connectivity index (χ2n) is 5.63. The van der Waals surface area contributed by atoms with Gasteiger partial charge in [-0.3, -0.25) is 4.79 Å². The Morgan fingerprint density at radius 3 is 2.61 bits per heavy atom. The number of halogens is 2. The van der Waals surface area contributed by atoms with Crippen molar-refractivity contribution >= 4 is 43.5 Å². The maximum Gasteiger partial charge on any atom is 0.255 e. The number of piperidine rings is 1. The Labute approximate surface area is 150 Å². The van der Waals surface area contributed by atoms with Crippen LogP contribution >= 0.6 is 27.5 Å². The predicted molar refractivity (Wildman–Crippen MR) is 95.3 cm³/mol. The topological polar surface area (TPSA) is 66.5 Å². The summed E-state index contributed by atoms with van der Waals surface area (Å²) >= 11 is 9.44. The van der Waals surface area contributed by atoms with E-state index in [4.69, 9.17) is 11.6 Å². The first-order chi connectivity index (χ1) is 10.8. The van der Waals surface area contributed by atoms with E-state index in [1.807, 2.05) is 6.92 Å². The van der Waals surface area contributed by atoms with E-state index in [1.165, 1.54) is 0 Å². The van der Waals surface area contributed by atoms with Crippen molar-refractivity contribution in [2.24, 2.45) is 0 Å². The van der Waals surface area contributed by atoms with E-state index >= 15 is 0 Å². The average Bonchev–Trinajstić information content (AvgIpc) is 2.47. The molecule has 1 saturated heterocycles. The molecule has 1 amide bonds. The van der Waals surface area contributed by atoms with Crippen LogP contribution in [0.3, 0.4) is 0 Å². The lowest BCUT2D eigenvalue weighted by atomic mass is 10.0. The van der Waals surface area contributed by atoms with Crippen molar-refractivity contribution in [3.05, 3.63) is 33.3 Å². The van der Waals surface area contributed by atoms with Gasteiger partial charge in [-0.2, -0.15) is 0 Å². The summed E-state index contributed by atoms with van der Waals surface area (Å²) in [4.78, 5) is 14.2. The highest BCUT2D eigenvalue weighted by Crippen LogP contribution is 2.24. The van der Waals surface area contributed by atoms with Gasteiger partial charge in [-0.1, -0.05) is 34.5 Å². The number of likely N-dealkylation sites (tertiary alicyclic amines) is 1. The SMILES string of the molecule is CCCS(=O)(=O)NC1CCN(C(=O)c2ccc(Br)cc2Cl)CC1. The quantitative estimate of drug-likeness (QED) is 0.791. The highest BCUT2D eigenvalue weighted by Gasteiger charge is 2.27. The van der Waals surface area contributed by atoms with Crippen LogP contribution in [0.1, 0.15) is 36.5 Å². The van der Waals surface area contributed by atoms with E-state index in [0.717, 1.165) is 4.47 Å². The maximum absolute atomic E-state index is 12.5. The van der Waals surface area contributed by atoms with Crippen LogP contribution in [-0.4, -0.2) is 44.1 Å². The van der Waals surface area contributed by atoms with E-state index in [1.54, 1.807) is 23.1 Å². The van der Waals surface area contributed by atoms with Gasteiger partial charge >= 0.3 is 0 Å². The van der Waals surface area contributed by atoms with Gasteiger partial charge in [0.1, 0.15) is 0 Å². The Morgan fingerprint density at radius 2 is 2.04 bits per heavy atom. The van der Waals surface area contributed by atoms with Gasteiger partial charge in [-0.25, -0.2) is 13.1 Å². The van der Waals surface area contributed by atoms with E-state index < -0.39 is 10.0 Å². The molecule has 0 saturated carbocycles. The molecule has 1 aliphatic heterocycles. The number of rotatable bonds is 5. The Morgan fingerprint density at radius 1 is 1.39 bits per heavy atom. The summed E-state index contributed by atoms with van der Waals surface area (Å²) in [6, 6.07) is 5.08. The van der Waals surface area contributed by atoms with E-state index in [9.17, 15) is 13.2 Å². The van der Waals surface area contributed by atoms with Gasteiger partial charge in [0.05, 0.1) is 16.3 Å². The van der Waals surface area contributed by atoms with Crippen molar-refractivity contribution in [1.82, 2.24) is 9.62 Å². The van der Waals surface area contributed by atoms with Gasteiger partial charge in [-0.15, -0.1) is 0 Å². The Hall–Kier alpha value is -0.630. The minimum absolute atomic E-state index is 0.101. The smallest absolute Gasteiger partial charge is 0.255 e. The largest absolute Gasteiger partial charge is 0.338 e. The molecule has 0 radical (unpaired) electrons. The number of sulfonamides is 1. The first kappa shape index (κ1) is 18.7. The molecule has 5 nitrogen and oxygen atoms in total. The highest BCUT2D eigenvalue weighted by molar-refractivity contribution is 9.10. The fraction of sp³-hybridized carbons (Fsp3) is 0.533. The molecule has 1 heterocycles. The Kier molecular flexibility index (Phi) is 6.48. The number of carbonyl (C=O) groups is 1. The van der Waals surface area contributed by atoms with Crippen molar-refractivity contribution in [3.8, 4) is 0 Å². The minimum atomic E-state index is -3.21. The van der Waals surface area contributed by atoms with Crippen LogP contribution < -0.4 is 4.72 Å². The Bertz CT molecular complexity index is 673. The van der Waals surface area contributed by atoms with Crippen LogP contribution in [-0.2, 0) is 10.0 Å². The minimum Gasteiger partial charge on any atom is -0.338 e. The maximum atomic E-state index is 12.5. The molecule has 0 bridgehead atoms. The van der Waals surface area contributed by atoms with Crippen LogP contribution in [0.15, 0.2) is 22.7 Å². The second-order valence-corrected chi connectivity index (χ2v) is 8.82. The molecule has 23 heavy (non-hydrogen) atoms. The van der Waals surface area contributed by atoms with E-state index in [2.05, 4.69) is 20.7 Å². The lowest BCUT2D eigenvalue weighted by Crippen LogP contribution is -2.47. The van der Waals surface area contributed by atoms with E-state index in [-0.39, 0.29) is 17.7 Å². The number of hydrogen-bond acceptors (Lipinski definition) is 3. The van der Waals surface area contributed by atoms with Gasteiger partial charge in [0.25, 0.3) is 5.91 Å². The molecule has 1 aromatic carbocycles. The number of carbonyl (C=O) groups excluding carboxylic acids is 1. The van der Waals surface area contributed by atoms with Gasteiger partial charge in [0.2, 0.25) is 10.0 Å². The predicted octanol–water partition coefficient (Wildman–Crippen LogP) is 3.04. The molecule has 0 unspecified atom stereocenters. The summed E-state index contributed by atoms with van der Waals surface area (Å²) in [6.07, 6.45) is 1.82. The molecular formula is C15H20BrClN2O3S. The summed E-state index contributed by atoms with van der Waals surface area (Å²) in [5.41, 5.74) is 0.472. The molecule has 128 valence electrons. The molecule has 8 heteroatoms. The third-order valence-electron chi connectivity index (χ3n) is 3.76. The van der Waals surface area contributed by atoms with Crippen LogP contribution in [0.2, 0.25) is 5.02 Å². The number of nitrogens with one attached hydrogen (secondary N) is 1. The molecule has 1 aliphatic rings. The first-order valence-corrected chi connectivity index (χ1v) is 10.4. The summed E-state index contributed by atoms with van der Waals surface area (Å²) in [6.45, 7) is 2.87. The number of benzene rings is 1. The molecule has 2 rings (SSSR count). The monoisotopic (exact) mass is 422 g/mol. The van der Waals surface area contributed by atoms with Crippen LogP contribution in [0.5, 0.6) is 0 Å². The van der Waals surface area contributed by atoms with Crippen molar-refractivity contribution in [2.75, 3.05) is 18.8 Å². The standard InChI is InChI=1S/C15H20BrClN2O3S/c1-2-9-23(21,22)18-12-5-7-19(8-6-12)15(20)13-4-3-11(16)10-14(13)17/h3-4,10,12,18H,2,5-9H2,1H3.